The van der Waals surface area contributed by atoms with Gasteiger partial charge in [0.15, 0.2) is 11.3 Å². The quantitative estimate of drug-likeness (QED) is 0.711. The highest BCUT2D eigenvalue weighted by Crippen LogP contribution is 2.40. The molecule has 1 N–H and O–H groups in total. The first kappa shape index (κ1) is 16.4. The lowest BCUT2D eigenvalue weighted by Gasteiger charge is -2.12. The Balaban J connectivity index is 1.56. The number of amides is 1. The summed E-state index contributed by atoms with van der Waals surface area (Å²) in [5.41, 5.74) is 3.28. The molecule has 0 atom stereocenters. The molecule has 1 fully saturated rings. The summed E-state index contributed by atoms with van der Waals surface area (Å²) in [4.78, 5) is 17.0. The third kappa shape index (κ3) is 3.18. The van der Waals surface area contributed by atoms with Crippen molar-refractivity contribution in [1.29, 1.82) is 0 Å². The van der Waals surface area contributed by atoms with Crippen LogP contribution in [0.4, 0.5) is 5.69 Å². The maximum absolute atomic E-state index is 13.0. The van der Waals surface area contributed by atoms with E-state index in [0.29, 0.717) is 11.5 Å². The lowest BCUT2D eigenvalue weighted by Crippen LogP contribution is -2.13. The number of hydrogen-bond donors (Lipinski definition) is 1. The Morgan fingerprint density at radius 3 is 2.78 bits per heavy atom. The van der Waals surface area contributed by atoms with Gasteiger partial charge in [0.2, 0.25) is 0 Å². The van der Waals surface area contributed by atoms with E-state index in [1.165, 1.54) is 18.4 Å². The number of fused-ring (bicyclic) bond motifs is 3. The highest BCUT2D eigenvalue weighted by atomic mass is 16.5. The monoisotopic (exact) mass is 362 g/mol. The Hall–Kier alpha value is -2.82. The van der Waals surface area contributed by atoms with Gasteiger partial charge in [-0.1, -0.05) is 0 Å². The number of carbonyl (C=O) groups is 1. The number of furan rings is 1. The average molecular weight is 362 g/mol. The molecular formula is C22H22N2O3. The van der Waals surface area contributed by atoms with Crippen LogP contribution in [0.3, 0.4) is 0 Å². The summed E-state index contributed by atoms with van der Waals surface area (Å²) in [6.45, 7) is 0.725. The van der Waals surface area contributed by atoms with Crippen LogP contribution < -0.4 is 10.1 Å². The summed E-state index contributed by atoms with van der Waals surface area (Å²) in [6, 6.07) is 7.31. The van der Waals surface area contributed by atoms with Crippen LogP contribution in [-0.2, 0) is 12.8 Å². The summed E-state index contributed by atoms with van der Waals surface area (Å²) >= 11 is 0. The first-order valence-electron chi connectivity index (χ1n) is 9.71. The summed E-state index contributed by atoms with van der Waals surface area (Å²) in [7, 11) is 0. The van der Waals surface area contributed by atoms with E-state index >= 15 is 0 Å². The molecule has 3 aromatic rings. The first-order chi connectivity index (χ1) is 13.3. The van der Waals surface area contributed by atoms with Crippen LogP contribution >= 0.6 is 0 Å². The molecule has 2 aliphatic rings. The number of hydrogen-bond acceptors (Lipinski definition) is 4. The van der Waals surface area contributed by atoms with Gasteiger partial charge in [-0.25, -0.2) is 0 Å². The van der Waals surface area contributed by atoms with Gasteiger partial charge in [0.05, 0.1) is 12.2 Å². The van der Waals surface area contributed by atoms with Crippen molar-refractivity contribution < 1.29 is 13.9 Å². The van der Waals surface area contributed by atoms with Gasteiger partial charge in [0.1, 0.15) is 5.76 Å². The summed E-state index contributed by atoms with van der Waals surface area (Å²) in [6.07, 6.45) is 9.94. The number of aryl methyl sites for hydroxylation is 2. The second-order valence-electron chi connectivity index (χ2n) is 7.47. The van der Waals surface area contributed by atoms with Gasteiger partial charge in [-0.05, 0) is 62.3 Å². The number of aromatic nitrogens is 1. The molecular weight excluding hydrogens is 340 g/mol. The van der Waals surface area contributed by atoms with Crippen molar-refractivity contribution in [2.24, 2.45) is 5.92 Å². The molecule has 0 bridgehead atoms. The van der Waals surface area contributed by atoms with Crippen LogP contribution in [0.15, 0.2) is 41.1 Å². The van der Waals surface area contributed by atoms with E-state index in [9.17, 15) is 4.79 Å². The lowest BCUT2D eigenvalue weighted by molar-refractivity contribution is 0.102. The van der Waals surface area contributed by atoms with E-state index in [2.05, 4.69) is 10.3 Å². The Labute approximate surface area is 157 Å². The average Bonchev–Trinajstić information content (AvgIpc) is 3.45. The highest BCUT2D eigenvalue weighted by Gasteiger charge is 2.27. The molecule has 1 saturated carbocycles. The van der Waals surface area contributed by atoms with E-state index in [0.717, 1.165) is 60.5 Å². The normalized spacial score (nSPS) is 16.1. The molecule has 0 unspecified atom stereocenters. The third-order valence-corrected chi connectivity index (χ3v) is 5.42. The van der Waals surface area contributed by atoms with Crippen molar-refractivity contribution in [1.82, 2.24) is 4.98 Å². The summed E-state index contributed by atoms with van der Waals surface area (Å²) in [5.74, 6) is 2.30. The van der Waals surface area contributed by atoms with E-state index in [1.54, 1.807) is 24.5 Å². The zero-order chi connectivity index (χ0) is 18.2. The van der Waals surface area contributed by atoms with Crippen LogP contribution in [0.2, 0.25) is 0 Å². The van der Waals surface area contributed by atoms with Crippen molar-refractivity contribution in [3.63, 3.8) is 0 Å². The van der Waals surface area contributed by atoms with Crippen LogP contribution in [0.1, 0.15) is 47.4 Å². The molecule has 5 heteroatoms. The largest absolute Gasteiger partial charge is 0.489 e. The molecule has 2 aromatic heterocycles. The van der Waals surface area contributed by atoms with Gasteiger partial charge in [0, 0.05) is 35.5 Å². The van der Waals surface area contributed by atoms with E-state index in [4.69, 9.17) is 9.15 Å². The van der Waals surface area contributed by atoms with Crippen LogP contribution in [0.25, 0.3) is 11.0 Å². The molecule has 0 spiro atoms. The predicted molar refractivity (Wildman–Crippen MR) is 103 cm³/mol. The van der Waals surface area contributed by atoms with Gasteiger partial charge in [-0.3, -0.25) is 9.78 Å². The van der Waals surface area contributed by atoms with Crippen LogP contribution in [-0.4, -0.2) is 17.5 Å². The maximum Gasteiger partial charge on any atom is 0.256 e. The van der Waals surface area contributed by atoms with E-state index in [1.807, 2.05) is 12.1 Å². The van der Waals surface area contributed by atoms with Crippen LogP contribution in [0, 0.1) is 5.92 Å². The molecule has 138 valence electrons. The van der Waals surface area contributed by atoms with Crippen LogP contribution in [0.5, 0.6) is 5.75 Å². The first-order valence-corrected chi connectivity index (χ1v) is 9.71. The zero-order valence-corrected chi connectivity index (χ0v) is 15.2. The topological polar surface area (TPSA) is 64.4 Å². The number of ether oxygens (including phenoxy) is 1. The van der Waals surface area contributed by atoms with Crippen molar-refractivity contribution in [2.75, 3.05) is 11.9 Å². The second-order valence-corrected chi connectivity index (χ2v) is 7.47. The standard InChI is InChI=1S/C22H22N2O3/c25-22(24-15-9-11-23-12-10-15)17-7-8-19(26-13-14-5-6-14)21-20(17)16-3-1-2-4-18(16)27-21/h7-12,14H,1-6,13H2,(H,23,24,25). The third-order valence-electron chi connectivity index (χ3n) is 5.42. The minimum atomic E-state index is -0.130. The fraction of sp³-hybridized carbons (Fsp3) is 0.364. The molecule has 5 nitrogen and oxygen atoms in total. The number of rotatable bonds is 5. The fourth-order valence-electron chi connectivity index (χ4n) is 3.77. The molecule has 5 rings (SSSR count). The molecule has 1 amide bonds. The minimum absolute atomic E-state index is 0.130. The number of benzene rings is 1. The number of pyridine rings is 1. The molecule has 1 aromatic carbocycles. The molecule has 0 radical (unpaired) electrons. The number of carbonyl (C=O) groups excluding carboxylic acids is 1. The SMILES string of the molecule is O=C(Nc1ccncc1)c1ccc(OCC2CC2)c2oc3c(c12)CCCC3. The van der Waals surface area contributed by atoms with Gasteiger partial charge in [-0.15, -0.1) is 0 Å². The Morgan fingerprint density at radius 2 is 1.96 bits per heavy atom. The van der Waals surface area contributed by atoms with Gasteiger partial charge in [0.25, 0.3) is 5.91 Å². The summed E-state index contributed by atoms with van der Waals surface area (Å²) < 4.78 is 12.2. The van der Waals surface area contributed by atoms with Crippen molar-refractivity contribution in [2.45, 2.75) is 38.5 Å². The van der Waals surface area contributed by atoms with E-state index in [-0.39, 0.29) is 5.91 Å². The molecule has 0 saturated heterocycles. The number of nitrogens with one attached hydrogen (secondary N) is 1. The minimum Gasteiger partial charge on any atom is -0.489 e. The van der Waals surface area contributed by atoms with Gasteiger partial charge in [-0.2, -0.15) is 0 Å². The van der Waals surface area contributed by atoms with E-state index < -0.39 is 0 Å². The zero-order valence-electron chi connectivity index (χ0n) is 15.2. The molecule has 27 heavy (non-hydrogen) atoms. The van der Waals surface area contributed by atoms with Gasteiger partial charge < -0.3 is 14.5 Å². The molecule has 2 aliphatic carbocycles. The number of nitrogens with zero attached hydrogens (tertiary/aromatic N) is 1. The van der Waals surface area contributed by atoms with Crippen molar-refractivity contribution in [3.8, 4) is 5.75 Å². The molecule has 0 aliphatic heterocycles. The molecule has 2 heterocycles. The smallest absolute Gasteiger partial charge is 0.256 e. The maximum atomic E-state index is 13.0. The second kappa shape index (κ2) is 6.72. The van der Waals surface area contributed by atoms with Gasteiger partial charge >= 0.3 is 0 Å². The summed E-state index contributed by atoms with van der Waals surface area (Å²) in [5, 5.41) is 3.89. The Morgan fingerprint density at radius 1 is 1.15 bits per heavy atom. The lowest BCUT2D eigenvalue weighted by atomic mass is 9.93. The fourth-order valence-corrected chi connectivity index (χ4v) is 3.77. The Kier molecular flexibility index (Phi) is 4.07. The Bertz CT molecular complexity index is 990. The predicted octanol–water partition coefficient (Wildman–Crippen LogP) is 4.75. The van der Waals surface area contributed by atoms with Crippen molar-refractivity contribution >= 4 is 22.6 Å². The highest BCUT2D eigenvalue weighted by molar-refractivity contribution is 6.14. The van der Waals surface area contributed by atoms with Crippen molar-refractivity contribution in [3.05, 3.63) is 53.5 Å². The number of anilines is 1.